The summed E-state index contributed by atoms with van der Waals surface area (Å²) in [5.41, 5.74) is 6.19. The maximum Gasteiger partial charge on any atom is 0.345 e. The monoisotopic (exact) mass is 285 g/mol. The van der Waals surface area contributed by atoms with Crippen LogP contribution in [-0.2, 0) is 9.47 Å². The van der Waals surface area contributed by atoms with E-state index in [1.54, 1.807) is 14.0 Å². The fraction of sp³-hybridized carbons (Fsp3) is 0.667. The minimum atomic E-state index is -0.390. The van der Waals surface area contributed by atoms with Crippen molar-refractivity contribution in [3.05, 3.63) is 5.56 Å². The van der Waals surface area contributed by atoms with Gasteiger partial charge in [0.15, 0.2) is 5.82 Å². The molecule has 0 bridgehead atoms. The van der Waals surface area contributed by atoms with Crippen LogP contribution in [0.4, 0.5) is 10.8 Å². The highest BCUT2D eigenvalue weighted by molar-refractivity contribution is 7.11. The zero-order chi connectivity index (χ0) is 13.8. The van der Waals surface area contributed by atoms with Gasteiger partial charge in [-0.25, -0.2) is 4.79 Å². The second kappa shape index (κ2) is 6.21. The molecule has 2 heterocycles. The second-order valence-electron chi connectivity index (χ2n) is 4.52. The molecule has 0 aliphatic carbocycles. The standard InChI is InChI=1S/C12H19N3O3S/c1-3-18-12(16)9-10(13)14-19-11(9)15-5-4-8(6-15)7-17-2/h8H,3-7H2,1-2H3,(H2,13,14). The molecule has 1 aliphatic heterocycles. The van der Waals surface area contributed by atoms with Gasteiger partial charge in [0.1, 0.15) is 10.6 Å². The molecule has 1 atom stereocenters. The first-order valence-corrected chi connectivity index (χ1v) is 7.10. The Kier molecular flexibility index (Phi) is 4.60. The molecule has 1 unspecified atom stereocenters. The van der Waals surface area contributed by atoms with Crippen LogP contribution in [0, 0.1) is 5.92 Å². The molecule has 19 heavy (non-hydrogen) atoms. The lowest BCUT2D eigenvalue weighted by Crippen LogP contribution is -2.22. The number of carbonyl (C=O) groups is 1. The largest absolute Gasteiger partial charge is 0.462 e. The lowest BCUT2D eigenvalue weighted by Gasteiger charge is -2.17. The van der Waals surface area contributed by atoms with E-state index in [-0.39, 0.29) is 11.8 Å². The van der Waals surface area contributed by atoms with E-state index in [0.29, 0.717) is 18.1 Å². The Balaban J connectivity index is 2.15. The quantitative estimate of drug-likeness (QED) is 0.823. The number of aromatic nitrogens is 1. The average Bonchev–Trinajstić information content (AvgIpc) is 2.96. The summed E-state index contributed by atoms with van der Waals surface area (Å²) < 4.78 is 14.3. The van der Waals surface area contributed by atoms with E-state index in [1.165, 1.54) is 11.5 Å². The maximum atomic E-state index is 11.9. The molecule has 0 aromatic carbocycles. The summed E-state index contributed by atoms with van der Waals surface area (Å²) in [6.07, 6.45) is 1.05. The number of nitrogen functional groups attached to an aromatic ring is 1. The summed E-state index contributed by atoms with van der Waals surface area (Å²) in [6, 6.07) is 0. The molecular weight excluding hydrogens is 266 g/mol. The van der Waals surface area contributed by atoms with E-state index >= 15 is 0 Å². The van der Waals surface area contributed by atoms with Crippen molar-refractivity contribution >= 4 is 28.3 Å². The first-order chi connectivity index (χ1) is 9.17. The first-order valence-electron chi connectivity index (χ1n) is 6.33. The number of hydrogen-bond donors (Lipinski definition) is 1. The molecule has 1 aliphatic rings. The van der Waals surface area contributed by atoms with Crippen molar-refractivity contribution in [1.82, 2.24) is 4.37 Å². The van der Waals surface area contributed by atoms with Crippen LogP contribution in [0.5, 0.6) is 0 Å². The Morgan fingerprint density at radius 1 is 1.63 bits per heavy atom. The number of rotatable bonds is 5. The van der Waals surface area contributed by atoms with Crippen LogP contribution in [0.25, 0.3) is 0 Å². The highest BCUT2D eigenvalue weighted by atomic mass is 32.1. The Bertz CT molecular complexity index is 449. The molecule has 7 heteroatoms. The van der Waals surface area contributed by atoms with Crippen LogP contribution in [0.2, 0.25) is 0 Å². The van der Waals surface area contributed by atoms with Gasteiger partial charge in [0.2, 0.25) is 0 Å². The van der Waals surface area contributed by atoms with Crippen molar-refractivity contribution in [2.24, 2.45) is 5.92 Å². The lowest BCUT2D eigenvalue weighted by molar-refractivity contribution is 0.0528. The maximum absolute atomic E-state index is 11.9. The van der Waals surface area contributed by atoms with Gasteiger partial charge in [0, 0.05) is 26.1 Å². The van der Waals surface area contributed by atoms with E-state index in [2.05, 4.69) is 9.27 Å². The molecule has 1 aromatic heterocycles. The van der Waals surface area contributed by atoms with Gasteiger partial charge in [-0.3, -0.25) is 0 Å². The Hall–Kier alpha value is -1.34. The van der Waals surface area contributed by atoms with Crippen molar-refractivity contribution in [2.75, 3.05) is 44.0 Å². The van der Waals surface area contributed by atoms with E-state index in [9.17, 15) is 4.79 Å². The summed E-state index contributed by atoms with van der Waals surface area (Å²) in [5.74, 6) is 0.357. The molecule has 0 saturated carbocycles. The summed E-state index contributed by atoms with van der Waals surface area (Å²) in [7, 11) is 1.71. The lowest BCUT2D eigenvalue weighted by atomic mass is 10.1. The van der Waals surface area contributed by atoms with Gasteiger partial charge < -0.3 is 20.1 Å². The predicted octanol–water partition coefficient (Wildman–Crippen LogP) is 1.37. The van der Waals surface area contributed by atoms with Gasteiger partial charge in [-0.1, -0.05) is 0 Å². The van der Waals surface area contributed by atoms with Crippen molar-refractivity contribution in [3.63, 3.8) is 0 Å². The summed E-state index contributed by atoms with van der Waals surface area (Å²) in [5, 5.41) is 0.814. The van der Waals surface area contributed by atoms with E-state index < -0.39 is 0 Å². The summed E-state index contributed by atoms with van der Waals surface area (Å²) >= 11 is 1.26. The number of carbonyl (C=O) groups excluding carboxylic acids is 1. The molecule has 0 radical (unpaired) electrons. The van der Waals surface area contributed by atoms with Crippen LogP contribution in [0.3, 0.4) is 0 Å². The zero-order valence-corrected chi connectivity index (χ0v) is 12.0. The second-order valence-corrected chi connectivity index (χ2v) is 5.28. The van der Waals surface area contributed by atoms with Crippen molar-refractivity contribution in [3.8, 4) is 0 Å². The third-order valence-electron chi connectivity index (χ3n) is 3.16. The third-order valence-corrected chi connectivity index (χ3v) is 4.08. The molecule has 1 saturated heterocycles. The number of ether oxygens (including phenoxy) is 2. The number of nitrogens with zero attached hydrogens (tertiary/aromatic N) is 2. The normalized spacial score (nSPS) is 18.8. The first kappa shape index (κ1) is 14.1. The number of esters is 1. The summed E-state index contributed by atoms with van der Waals surface area (Å²) in [6.45, 7) is 4.60. The van der Waals surface area contributed by atoms with Crippen LogP contribution < -0.4 is 10.6 Å². The molecule has 0 amide bonds. The molecule has 1 fully saturated rings. The third kappa shape index (κ3) is 2.98. The highest BCUT2D eigenvalue weighted by Crippen LogP contribution is 2.34. The van der Waals surface area contributed by atoms with Crippen molar-refractivity contribution in [2.45, 2.75) is 13.3 Å². The van der Waals surface area contributed by atoms with E-state index in [0.717, 1.165) is 31.1 Å². The van der Waals surface area contributed by atoms with Gasteiger partial charge in [0.05, 0.1) is 13.2 Å². The minimum absolute atomic E-state index is 0.258. The summed E-state index contributed by atoms with van der Waals surface area (Å²) in [4.78, 5) is 14.1. The highest BCUT2D eigenvalue weighted by Gasteiger charge is 2.29. The van der Waals surface area contributed by atoms with Crippen LogP contribution in [-0.4, -0.2) is 43.8 Å². The van der Waals surface area contributed by atoms with Crippen LogP contribution in [0.1, 0.15) is 23.7 Å². The number of nitrogens with two attached hydrogens (primary N) is 1. The molecule has 0 spiro atoms. The van der Waals surface area contributed by atoms with Crippen molar-refractivity contribution in [1.29, 1.82) is 0 Å². The van der Waals surface area contributed by atoms with E-state index in [1.807, 2.05) is 0 Å². The van der Waals surface area contributed by atoms with Crippen LogP contribution in [0.15, 0.2) is 0 Å². The van der Waals surface area contributed by atoms with Gasteiger partial charge in [-0.15, -0.1) is 0 Å². The van der Waals surface area contributed by atoms with Gasteiger partial charge >= 0.3 is 5.97 Å². The SMILES string of the molecule is CCOC(=O)c1c(N)nsc1N1CCC(COC)C1. The van der Waals surface area contributed by atoms with E-state index in [4.69, 9.17) is 15.2 Å². The molecule has 1 aromatic rings. The zero-order valence-electron chi connectivity index (χ0n) is 11.2. The number of methoxy groups -OCH3 is 1. The molecule has 6 nitrogen and oxygen atoms in total. The smallest absolute Gasteiger partial charge is 0.345 e. The predicted molar refractivity (Wildman–Crippen MR) is 74.7 cm³/mol. The van der Waals surface area contributed by atoms with Gasteiger partial charge in [-0.05, 0) is 24.9 Å². The number of hydrogen-bond acceptors (Lipinski definition) is 7. The topological polar surface area (TPSA) is 77.7 Å². The fourth-order valence-electron chi connectivity index (χ4n) is 2.29. The molecular formula is C12H19N3O3S. The Morgan fingerprint density at radius 3 is 3.11 bits per heavy atom. The number of anilines is 2. The Morgan fingerprint density at radius 2 is 2.42 bits per heavy atom. The molecule has 2 rings (SSSR count). The molecule has 106 valence electrons. The minimum Gasteiger partial charge on any atom is -0.462 e. The Labute approximate surface area is 116 Å². The van der Waals surface area contributed by atoms with Gasteiger partial charge in [0.25, 0.3) is 0 Å². The van der Waals surface area contributed by atoms with Gasteiger partial charge in [-0.2, -0.15) is 4.37 Å². The van der Waals surface area contributed by atoms with Crippen molar-refractivity contribution < 1.29 is 14.3 Å². The average molecular weight is 285 g/mol. The fourth-order valence-corrected chi connectivity index (χ4v) is 3.13. The van der Waals surface area contributed by atoms with Crippen LogP contribution >= 0.6 is 11.5 Å². The molecule has 2 N–H and O–H groups in total.